The molecule has 0 fully saturated rings. The number of carbonyl (C=O) groups is 2. The van der Waals surface area contributed by atoms with Crippen molar-refractivity contribution in [3.63, 3.8) is 0 Å². The summed E-state index contributed by atoms with van der Waals surface area (Å²) in [6.07, 6.45) is 0.0879. The van der Waals surface area contributed by atoms with Crippen molar-refractivity contribution >= 4 is 45.6 Å². The molecule has 1 amide bonds. The minimum atomic E-state index is -1.34. The maximum Gasteiger partial charge on any atom is 0.339 e. The van der Waals surface area contributed by atoms with Crippen molar-refractivity contribution in [3.05, 3.63) is 80.9 Å². The topological polar surface area (TPSA) is 113 Å². The number of carboxylic acids is 1. The lowest BCUT2D eigenvalue weighted by Gasteiger charge is -2.19. The average molecular weight is 493 g/mol. The molecule has 0 aliphatic rings. The molecule has 8 heteroatoms. The Morgan fingerprint density at radius 3 is 2.40 bits per heavy atom. The van der Waals surface area contributed by atoms with Crippen LogP contribution in [0.4, 0.5) is 0 Å². The maximum atomic E-state index is 12.6. The zero-order chi connectivity index (χ0) is 25.1. The summed E-state index contributed by atoms with van der Waals surface area (Å²) in [5, 5.41) is 15.8. The fourth-order valence-electron chi connectivity index (χ4n) is 4.06. The van der Waals surface area contributed by atoms with Gasteiger partial charge in [0.1, 0.15) is 16.9 Å². The molecule has 0 saturated heterocycles. The molecule has 0 spiro atoms. The first kappa shape index (κ1) is 24.6. The molecule has 2 heterocycles. The van der Waals surface area contributed by atoms with Crippen molar-refractivity contribution in [2.24, 2.45) is 0 Å². The molecule has 0 unspecified atom stereocenters. The third-order valence-corrected chi connectivity index (χ3v) is 7.31. The summed E-state index contributed by atoms with van der Waals surface area (Å²) in [6, 6.07) is 12.2. The van der Waals surface area contributed by atoms with Crippen molar-refractivity contribution in [3.8, 4) is 0 Å². The number of aliphatic carboxylic acids is 1. The quantitative estimate of drug-likeness (QED) is 0.356. The molecular formula is C27H26NO6S-. The summed E-state index contributed by atoms with van der Waals surface area (Å²) in [6.45, 7) is 5.68. The molecule has 0 aliphatic heterocycles. The number of carbonyl (C=O) groups excluding carboxylic acids is 2. The van der Waals surface area contributed by atoms with Crippen LogP contribution in [-0.4, -0.2) is 23.7 Å². The van der Waals surface area contributed by atoms with Crippen LogP contribution in [0.3, 0.4) is 0 Å². The number of nitrogens with one attached hydrogen (secondary N) is 1. The van der Waals surface area contributed by atoms with Crippen LogP contribution in [0.5, 0.6) is 0 Å². The number of carboxylic acid groups (broad SMARTS) is 1. The minimum absolute atomic E-state index is 0.0453. The lowest BCUT2D eigenvalue weighted by molar-refractivity contribution is -0.307. The summed E-state index contributed by atoms with van der Waals surface area (Å²) < 4.78 is 11.3. The smallest absolute Gasteiger partial charge is 0.339 e. The van der Waals surface area contributed by atoms with E-state index in [-0.39, 0.29) is 18.6 Å². The van der Waals surface area contributed by atoms with Gasteiger partial charge in [-0.1, -0.05) is 30.3 Å². The van der Waals surface area contributed by atoms with Crippen LogP contribution < -0.4 is 16.0 Å². The van der Waals surface area contributed by atoms with Crippen molar-refractivity contribution < 1.29 is 23.5 Å². The van der Waals surface area contributed by atoms with Gasteiger partial charge in [-0.15, -0.1) is 0 Å². The van der Waals surface area contributed by atoms with Gasteiger partial charge in [0, 0.05) is 40.3 Å². The molecule has 0 aliphatic carbocycles. The van der Waals surface area contributed by atoms with Gasteiger partial charge in [0.25, 0.3) is 0 Å². The fraction of sp³-hybridized carbons (Fsp3) is 0.296. The van der Waals surface area contributed by atoms with E-state index in [9.17, 15) is 19.5 Å². The first-order valence-electron chi connectivity index (χ1n) is 11.3. The summed E-state index contributed by atoms with van der Waals surface area (Å²) >= 11 is 1.40. The van der Waals surface area contributed by atoms with E-state index >= 15 is 0 Å². The number of amides is 1. The van der Waals surface area contributed by atoms with Crippen molar-refractivity contribution in [1.29, 1.82) is 0 Å². The summed E-state index contributed by atoms with van der Waals surface area (Å²) in [5.41, 5.74) is 3.78. The number of rotatable bonds is 9. The Hall–Kier alpha value is -3.52. The average Bonchev–Trinajstić information content (AvgIpc) is 3.10. The van der Waals surface area contributed by atoms with E-state index in [1.807, 2.05) is 57.2 Å². The van der Waals surface area contributed by atoms with Gasteiger partial charge in [-0.2, -0.15) is 11.8 Å². The molecule has 0 radical (unpaired) electrons. The predicted molar refractivity (Wildman–Crippen MR) is 134 cm³/mol. The van der Waals surface area contributed by atoms with E-state index < -0.39 is 23.5 Å². The Morgan fingerprint density at radius 2 is 1.69 bits per heavy atom. The molecule has 4 aromatic rings. The number of fused-ring (bicyclic) bond motifs is 2. The second-order valence-corrected chi connectivity index (χ2v) is 9.59. The number of thioether (sulfide) groups is 1. The largest absolute Gasteiger partial charge is 0.548 e. The van der Waals surface area contributed by atoms with E-state index in [0.717, 1.165) is 33.2 Å². The highest BCUT2D eigenvalue weighted by Crippen LogP contribution is 2.31. The highest BCUT2D eigenvalue weighted by molar-refractivity contribution is 7.98. The SMILES string of the molecule is Cc1oc2cc3oc(=O)c(CCC(=O)N[C@@H](CSCc4ccccc4)C(=O)[O-])c(C)c3cc2c1C. The number of hydrogen-bond donors (Lipinski definition) is 1. The van der Waals surface area contributed by atoms with Crippen LogP contribution in [0.2, 0.25) is 0 Å². The fourth-order valence-corrected chi connectivity index (χ4v) is 5.06. The van der Waals surface area contributed by atoms with Gasteiger partial charge in [-0.05, 0) is 49.9 Å². The lowest BCUT2D eigenvalue weighted by atomic mass is 10.0. The van der Waals surface area contributed by atoms with Gasteiger partial charge >= 0.3 is 5.63 Å². The molecule has 7 nitrogen and oxygen atoms in total. The molecule has 2 aromatic carbocycles. The zero-order valence-electron chi connectivity index (χ0n) is 19.8. The Morgan fingerprint density at radius 1 is 1.00 bits per heavy atom. The number of benzene rings is 2. The van der Waals surface area contributed by atoms with E-state index in [0.29, 0.717) is 22.5 Å². The maximum absolute atomic E-state index is 12.6. The molecular weight excluding hydrogens is 466 g/mol. The van der Waals surface area contributed by atoms with Crippen LogP contribution in [0.1, 0.15) is 34.4 Å². The van der Waals surface area contributed by atoms with Crippen LogP contribution in [0.15, 0.2) is 56.1 Å². The van der Waals surface area contributed by atoms with E-state index in [4.69, 9.17) is 8.83 Å². The second-order valence-electron chi connectivity index (χ2n) is 8.56. The van der Waals surface area contributed by atoms with Gasteiger partial charge in [-0.25, -0.2) is 4.79 Å². The Bertz CT molecular complexity index is 1450. The first-order valence-corrected chi connectivity index (χ1v) is 12.5. The zero-order valence-corrected chi connectivity index (χ0v) is 20.6. The highest BCUT2D eigenvalue weighted by atomic mass is 32.2. The standard InChI is InChI=1S/C27H27NO6S/c1-15-17(3)33-23-12-24-21(11-20(15)23)16(2)19(27(32)34-24)9-10-25(29)28-22(26(30)31)14-35-13-18-7-5-4-6-8-18/h4-8,11-12,22H,9-10,13-14H2,1-3H3,(H,28,29)(H,30,31)/p-1/t22-/m0/s1. The Kier molecular flexibility index (Phi) is 7.31. The Labute approximate surface area is 206 Å². The van der Waals surface area contributed by atoms with Crippen LogP contribution in [-0.2, 0) is 21.8 Å². The van der Waals surface area contributed by atoms with Crippen LogP contribution in [0.25, 0.3) is 21.9 Å². The Balaban J connectivity index is 1.44. The van der Waals surface area contributed by atoms with Crippen LogP contribution >= 0.6 is 11.8 Å². The van der Waals surface area contributed by atoms with E-state index in [1.54, 1.807) is 6.07 Å². The predicted octanol–water partition coefficient (Wildman–Crippen LogP) is 3.57. The van der Waals surface area contributed by atoms with Crippen LogP contribution in [0, 0.1) is 20.8 Å². The molecule has 4 rings (SSSR count). The highest BCUT2D eigenvalue weighted by Gasteiger charge is 2.18. The molecule has 1 atom stereocenters. The minimum Gasteiger partial charge on any atom is -0.548 e. The molecule has 0 saturated carbocycles. The molecule has 2 aromatic heterocycles. The third-order valence-electron chi connectivity index (χ3n) is 6.20. The molecule has 1 N–H and O–H groups in total. The first-order chi connectivity index (χ1) is 16.7. The van der Waals surface area contributed by atoms with Gasteiger partial charge in [-0.3, -0.25) is 4.79 Å². The summed E-state index contributed by atoms with van der Waals surface area (Å²) in [5.74, 6) is -0.192. The van der Waals surface area contributed by atoms with Gasteiger partial charge in [0.15, 0.2) is 0 Å². The second kappa shape index (κ2) is 10.4. The van der Waals surface area contributed by atoms with E-state index in [2.05, 4.69) is 5.32 Å². The van der Waals surface area contributed by atoms with Gasteiger partial charge in [0.2, 0.25) is 5.91 Å². The van der Waals surface area contributed by atoms with Crippen molar-refractivity contribution in [2.75, 3.05) is 5.75 Å². The lowest BCUT2D eigenvalue weighted by Crippen LogP contribution is -2.49. The van der Waals surface area contributed by atoms with Gasteiger partial charge in [0.05, 0.1) is 12.0 Å². The van der Waals surface area contributed by atoms with Crippen molar-refractivity contribution in [1.82, 2.24) is 5.32 Å². The van der Waals surface area contributed by atoms with E-state index in [1.165, 1.54) is 11.8 Å². The summed E-state index contributed by atoms with van der Waals surface area (Å²) in [4.78, 5) is 36.7. The molecule has 35 heavy (non-hydrogen) atoms. The summed E-state index contributed by atoms with van der Waals surface area (Å²) in [7, 11) is 0. The normalized spacial score (nSPS) is 12.2. The number of furan rings is 1. The number of aryl methyl sites for hydroxylation is 3. The third kappa shape index (κ3) is 5.43. The van der Waals surface area contributed by atoms with Gasteiger partial charge < -0.3 is 24.1 Å². The molecule has 0 bridgehead atoms. The van der Waals surface area contributed by atoms with Crippen molar-refractivity contribution in [2.45, 2.75) is 45.4 Å². The molecule has 182 valence electrons. The number of hydrogen-bond acceptors (Lipinski definition) is 7. The monoisotopic (exact) mass is 492 g/mol.